The first-order valence-corrected chi connectivity index (χ1v) is 12.4. The molecule has 1 aliphatic heterocycles. The van der Waals surface area contributed by atoms with Crippen molar-refractivity contribution < 1.29 is 37.0 Å². The van der Waals surface area contributed by atoms with Gasteiger partial charge in [-0.3, -0.25) is 4.79 Å². The van der Waals surface area contributed by atoms with Crippen LogP contribution in [0.2, 0.25) is 0 Å². The number of methoxy groups -OCH3 is 1. The second-order valence-corrected chi connectivity index (χ2v) is 9.34. The van der Waals surface area contributed by atoms with E-state index in [4.69, 9.17) is 19.6 Å². The van der Waals surface area contributed by atoms with E-state index in [0.29, 0.717) is 24.6 Å². The van der Waals surface area contributed by atoms with Crippen LogP contribution in [0.25, 0.3) is 11.5 Å². The highest BCUT2D eigenvalue weighted by atomic mass is 19.3. The van der Waals surface area contributed by atoms with Crippen molar-refractivity contribution in [1.82, 2.24) is 15.2 Å². The molecule has 202 valence electrons. The van der Waals surface area contributed by atoms with Crippen molar-refractivity contribution in [3.63, 3.8) is 0 Å². The summed E-state index contributed by atoms with van der Waals surface area (Å²) in [7, 11) is 1.33. The molecule has 2 amide bonds. The molecule has 0 radical (unpaired) electrons. The van der Waals surface area contributed by atoms with Crippen LogP contribution in [0.15, 0.2) is 22.6 Å². The monoisotopic (exact) mass is 522 g/mol. The normalized spacial score (nSPS) is 18.4. The van der Waals surface area contributed by atoms with E-state index in [1.165, 1.54) is 25.3 Å². The number of carbonyl (C=O) groups is 2. The largest absolute Gasteiger partial charge is 0.489 e. The second kappa shape index (κ2) is 11.8. The number of nitrogens with zero attached hydrogens (tertiary/aromatic N) is 2. The molecule has 2 aliphatic rings. The van der Waals surface area contributed by atoms with Crippen LogP contribution in [-0.4, -0.2) is 61.3 Å². The molecule has 1 saturated heterocycles. The molecule has 0 spiro atoms. The molecule has 2 aromatic rings. The number of aromatic nitrogens is 1. The van der Waals surface area contributed by atoms with E-state index in [-0.39, 0.29) is 41.4 Å². The van der Waals surface area contributed by atoms with Crippen molar-refractivity contribution in [1.29, 1.82) is 0 Å². The van der Waals surface area contributed by atoms with Crippen LogP contribution in [0.3, 0.4) is 0 Å². The lowest BCUT2D eigenvalue weighted by molar-refractivity contribution is -0.0515. The Hall–Kier alpha value is -3.41. The predicted molar refractivity (Wildman–Crippen MR) is 128 cm³/mol. The number of ether oxygens (including phenoxy) is 3. The minimum Gasteiger partial charge on any atom is -0.489 e. The van der Waals surface area contributed by atoms with Gasteiger partial charge in [-0.1, -0.05) is 0 Å². The zero-order valence-electron chi connectivity index (χ0n) is 20.9. The average Bonchev–Trinajstić information content (AvgIpc) is 3.60. The van der Waals surface area contributed by atoms with Crippen LogP contribution in [0, 0.1) is 5.92 Å². The molecule has 1 aliphatic carbocycles. The molecular weight excluding hydrogens is 490 g/mol. The highest BCUT2D eigenvalue weighted by Gasteiger charge is 2.30. The van der Waals surface area contributed by atoms with E-state index in [1.54, 1.807) is 11.8 Å². The molecule has 2 fully saturated rings. The maximum Gasteiger partial charge on any atom is 0.409 e. The Kier molecular flexibility index (Phi) is 8.47. The number of alkyl halides is 2. The second-order valence-electron chi connectivity index (χ2n) is 9.34. The number of amides is 2. The Morgan fingerprint density at radius 1 is 1.24 bits per heavy atom. The predicted octanol–water partition coefficient (Wildman–Crippen LogP) is 4.10. The van der Waals surface area contributed by atoms with Gasteiger partial charge >= 0.3 is 12.7 Å². The SMILES string of the molecule is COC(=O)N1CCCCC1CNC(=O)c1nc(-c2ccc(OC(F)F)c(OCC3CC3)c2)oc1C(C)N. The average molecular weight is 523 g/mol. The molecule has 1 aromatic heterocycles. The van der Waals surface area contributed by atoms with Crippen LogP contribution < -0.4 is 20.5 Å². The minimum atomic E-state index is -3.00. The highest BCUT2D eigenvalue weighted by molar-refractivity contribution is 5.94. The molecule has 4 rings (SSSR count). The topological polar surface area (TPSA) is 129 Å². The van der Waals surface area contributed by atoms with Gasteiger partial charge in [0.15, 0.2) is 23.0 Å². The van der Waals surface area contributed by atoms with E-state index < -0.39 is 24.7 Å². The van der Waals surface area contributed by atoms with Crippen molar-refractivity contribution >= 4 is 12.0 Å². The smallest absolute Gasteiger partial charge is 0.409 e. The molecule has 10 nitrogen and oxygen atoms in total. The number of benzene rings is 1. The third kappa shape index (κ3) is 6.68. The summed E-state index contributed by atoms with van der Waals surface area (Å²) in [4.78, 5) is 31.1. The zero-order chi connectivity index (χ0) is 26.5. The number of oxazole rings is 1. The van der Waals surface area contributed by atoms with Crippen LogP contribution in [0.5, 0.6) is 11.5 Å². The van der Waals surface area contributed by atoms with Crippen molar-refractivity contribution in [2.75, 3.05) is 26.8 Å². The van der Waals surface area contributed by atoms with Crippen LogP contribution in [0.1, 0.15) is 61.3 Å². The molecule has 1 aromatic carbocycles. The van der Waals surface area contributed by atoms with E-state index in [2.05, 4.69) is 15.0 Å². The Bertz CT molecular complexity index is 1100. The molecular formula is C25H32F2N4O6. The van der Waals surface area contributed by atoms with Crippen molar-refractivity contribution in [3.05, 3.63) is 29.7 Å². The summed E-state index contributed by atoms with van der Waals surface area (Å²) >= 11 is 0. The van der Waals surface area contributed by atoms with E-state index in [1.807, 2.05) is 0 Å². The van der Waals surface area contributed by atoms with Crippen molar-refractivity contribution in [3.8, 4) is 23.0 Å². The summed E-state index contributed by atoms with van der Waals surface area (Å²) in [5.74, 6) is 0.195. The van der Waals surface area contributed by atoms with Crippen molar-refractivity contribution in [2.24, 2.45) is 11.7 Å². The minimum absolute atomic E-state index is 0.0128. The van der Waals surface area contributed by atoms with Gasteiger partial charge in [0.25, 0.3) is 5.91 Å². The molecule has 1 saturated carbocycles. The number of carbonyl (C=O) groups excluding carboxylic acids is 2. The molecule has 3 N–H and O–H groups in total. The Balaban J connectivity index is 1.53. The number of nitrogens with one attached hydrogen (secondary N) is 1. The number of hydrogen-bond acceptors (Lipinski definition) is 8. The molecule has 12 heteroatoms. The maximum atomic E-state index is 13.1. The fourth-order valence-corrected chi connectivity index (χ4v) is 4.23. The van der Waals surface area contributed by atoms with Gasteiger partial charge in [0.1, 0.15) is 0 Å². The lowest BCUT2D eigenvalue weighted by Gasteiger charge is -2.34. The summed E-state index contributed by atoms with van der Waals surface area (Å²) in [6.45, 7) is -0.187. The van der Waals surface area contributed by atoms with Gasteiger partial charge in [-0.15, -0.1) is 0 Å². The first kappa shape index (κ1) is 26.6. The van der Waals surface area contributed by atoms with Crippen molar-refractivity contribution in [2.45, 2.75) is 57.7 Å². The summed E-state index contributed by atoms with van der Waals surface area (Å²) in [6.07, 6.45) is 4.16. The fourth-order valence-electron chi connectivity index (χ4n) is 4.23. The summed E-state index contributed by atoms with van der Waals surface area (Å²) in [6, 6.07) is 3.49. The highest BCUT2D eigenvalue weighted by Crippen LogP contribution is 2.37. The first-order valence-electron chi connectivity index (χ1n) is 12.4. The lowest BCUT2D eigenvalue weighted by Crippen LogP contribution is -2.49. The maximum absolute atomic E-state index is 13.1. The van der Waals surface area contributed by atoms with Gasteiger partial charge in [-0.25, -0.2) is 9.78 Å². The number of hydrogen-bond donors (Lipinski definition) is 2. The summed E-state index contributed by atoms with van der Waals surface area (Å²) < 4.78 is 46.7. The van der Waals surface area contributed by atoms with Gasteiger partial charge < -0.3 is 34.6 Å². The van der Waals surface area contributed by atoms with Gasteiger partial charge in [-0.05, 0) is 63.1 Å². The van der Waals surface area contributed by atoms with Crippen LogP contribution >= 0.6 is 0 Å². The number of rotatable bonds is 10. The molecule has 2 heterocycles. The van der Waals surface area contributed by atoms with Gasteiger partial charge in [0.2, 0.25) is 5.89 Å². The zero-order valence-corrected chi connectivity index (χ0v) is 20.9. The first-order chi connectivity index (χ1) is 17.8. The number of piperidine rings is 1. The third-order valence-corrected chi connectivity index (χ3v) is 6.39. The number of likely N-dealkylation sites (tertiary alicyclic amines) is 1. The Morgan fingerprint density at radius 2 is 2.03 bits per heavy atom. The van der Waals surface area contributed by atoms with Gasteiger partial charge in [0, 0.05) is 18.7 Å². The number of nitrogens with two attached hydrogens (primary N) is 1. The quantitative estimate of drug-likeness (QED) is 0.477. The van der Waals surface area contributed by atoms with Crippen LogP contribution in [-0.2, 0) is 4.74 Å². The summed E-state index contributed by atoms with van der Waals surface area (Å²) in [5.41, 5.74) is 6.48. The Labute approximate surface area is 213 Å². The fraction of sp³-hybridized carbons (Fsp3) is 0.560. The molecule has 2 atom stereocenters. The molecule has 2 unspecified atom stereocenters. The number of halogens is 2. The van der Waals surface area contributed by atoms with Crippen LogP contribution in [0.4, 0.5) is 13.6 Å². The summed E-state index contributed by atoms with van der Waals surface area (Å²) in [5, 5.41) is 2.83. The van der Waals surface area contributed by atoms with E-state index >= 15 is 0 Å². The Morgan fingerprint density at radius 3 is 2.70 bits per heavy atom. The van der Waals surface area contributed by atoms with E-state index in [0.717, 1.165) is 32.1 Å². The lowest BCUT2D eigenvalue weighted by atomic mass is 10.0. The molecule has 37 heavy (non-hydrogen) atoms. The van der Waals surface area contributed by atoms with E-state index in [9.17, 15) is 18.4 Å². The standard InChI is InChI=1S/C25H32F2N4O6/c1-14(28)21-20(22(32)29-12-17-5-3-4-10-31(17)25(33)34-2)30-23(37-21)16-8-9-18(36-24(26)27)19(11-16)35-13-15-6-7-15/h8-9,11,14-15,17,24H,3-7,10,12-13,28H2,1-2H3,(H,29,32). The van der Waals surface area contributed by atoms with Gasteiger partial charge in [-0.2, -0.15) is 8.78 Å². The molecule has 0 bridgehead atoms. The third-order valence-electron chi connectivity index (χ3n) is 6.39. The van der Waals surface area contributed by atoms with Gasteiger partial charge in [0.05, 0.1) is 25.8 Å².